The van der Waals surface area contributed by atoms with E-state index in [0.29, 0.717) is 0 Å². The van der Waals surface area contributed by atoms with Crippen LogP contribution in [0.4, 0.5) is 8.78 Å². The molecule has 0 unspecified atom stereocenters. The van der Waals surface area contributed by atoms with Gasteiger partial charge in [-0.05, 0) is 17.7 Å². The first-order valence-electron chi connectivity index (χ1n) is 5.48. The number of ether oxygens (including phenoxy) is 2. The van der Waals surface area contributed by atoms with Crippen molar-refractivity contribution in [2.24, 2.45) is 0 Å². The Morgan fingerprint density at radius 3 is 2.67 bits per heavy atom. The molecule has 0 bridgehead atoms. The number of fused-ring (bicyclic) bond motifs is 1. The minimum absolute atomic E-state index is 0. The fourth-order valence-corrected chi connectivity index (χ4v) is 2.07. The first-order chi connectivity index (χ1) is 8.14. The second kappa shape index (κ2) is 4.87. The summed E-state index contributed by atoms with van der Waals surface area (Å²) < 4.78 is 34.4. The van der Waals surface area contributed by atoms with Crippen molar-refractivity contribution in [3.05, 3.63) is 23.8 Å². The fourth-order valence-electron chi connectivity index (χ4n) is 2.07. The molecule has 0 spiro atoms. The average Bonchev–Trinajstić information content (AvgIpc) is 2.63. The van der Waals surface area contributed by atoms with Gasteiger partial charge in [0.1, 0.15) is 0 Å². The summed E-state index contributed by atoms with van der Waals surface area (Å²) in [6.07, 6.45) is -3.54. The van der Waals surface area contributed by atoms with Gasteiger partial charge in [0.15, 0.2) is 11.5 Å². The van der Waals surface area contributed by atoms with E-state index in [4.69, 9.17) is 0 Å². The van der Waals surface area contributed by atoms with Crippen LogP contribution in [-0.2, 0) is 0 Å². The van der Waals surface area contributed by atoms with Gasteiger partial charge in [0, 0.05) is 25.7 Å². The van der Waals surface area contributed by atoms with E-state index in [0.717, 1.165) is 25.2 Å². The van der Waals surface area contributed by atoms with E-state index in [2.05, 4.69) is 20.1 Å². The van der Waals surface area contributed by atoms with Gasteiger partial charge in [-0.1, -0.05) is 6.07 Å². The van der Waals surface area contributed by atoms with Crippen LogP contribution in [0.3, 0.4) is 0 Å². The number of halogens is 3. The first kappa shape index (κ1) is 13.3. The summed E-state index contributed by atoms with van der Waals surface area (Å²) in [7, 11) is 0. The minimum atomic E-state index is -3.54. The predicted molar refractivity (Wildman–Crippen MR) is 63.5 cm³/mol. The Kier molecular flexibility index (Phi) is 3.61. The van der Waals surface area contributed by atoms with Gasteiger partial charge in [0.25, 0.3) is 0 Å². The van der Waals surface area contributed by atoms with Crippen molar-refractivity contribution in [2.75, 3.05) is 19.6 Å². The maximum absolute atomic E-state index is 12.8. The molecular weight excluding hydrogens is 266 g/mol. The van der Waals surface area contributed by atoms with Gasteiger partial charge >= 0.3 is 6.29 Å². The van der Waals surface area contributed by atoms with Crippen LogP contribution in [0.25, 0.3) is 0 Å². The largest absolute Gasteiger partial charge is 0.586 e. The molecule has 0 aromatic heterocycles. The number of rotatable bonds is 1. The molecule has 1 saturated heterocycles. The molecule has 2 aliphatic heterocycles. The van der Waals surface area contributed by atoms with Crippen molar-refractivity contribution < 1.29 is 18.3 Å². The van der Waals surface area contributed by atoms with Crippen LogP contribution >= 0.6 is 12.4 Å². The molecule has 0 saturated carbocycles. The second-order valence-corrected chi connectivity index (χ2v) is 4.08. The number of benzene rings is 1. The van der Waals surface area contributed by atoms with Crippen LogP contribution in [0.1, 0.15) is 11.6 Å². The summed E-state index contributed by atoms with van der Waals surface area (Å²) in [5.41, 5.74) is 0.914. The zero-order valence-corrected chi connectivity index (χ0v) is 10.2. The lowest BCUT2D eigenvalue weighted by Crippen LogP contribution is -2.42. The van der Waals surface area contributed by atoms with E-state index in [1.165, 1.54) is 6.07 Å². The van der Waals surface area contributed by atoms with E-state index < -0.39 is 6.29 Å². The Bertz CT molecular complexity index is 439. The minimum Gasteiger partial charge on any atom is -0.395 e. The summed E-state index contributed by atoms with van der Waals surface area (Å²) in [6, 6.07) is 5.00. The Hall–Kier alpha value is -1.11. The highest BCUT2D eigenvalue weighted by Crippen LogP contribution is 2.41. The van der Waals surface area contributed by atoms with Crippen molar-refractivity contribution >= 4 is 12.4 Å². The summed E-state index contributed by atoms with van der Waals surface area (Å²) in [4.78, 5) is 0. The number of hydrogen-bond donors (Lipinski definition) is 2. The van der Waals surface area contributed by atoms with Gasteiger partial charge in [-0.2, -0.15) is 0 Å². The van der Waals surface area contributed by atoms with Crippen molar-refractivity contribution in [1.82, 2.24) is 10.6 Å². The molecule has 2 heterocycles. The summed E-state index contributed by atoms with van der Waals surface area (Å²) >= 11 is 0. The van der Waals surface area contributed by atoms with Crippen LogP contribution in [-0.4, -0.2) is 25.9 Å². The van der Waals surface area contributed by atoms with Crippen LogP contribution in [0.15, 0.2) is 18.2 Å². The summed E-state index contributed by atoms with van der Waals surface area (Å²) in [6.45, 7) is 2.55. The van der Waals surface area contributed by atoms with Gasteiger partial charge in [-0.3, -0.25) is 0 Å². The zero-order chi connectivity index (χ0) is 11.9. The zero-order valence-electron chi connectivity index (χ0n) is 9.41. The maximum atomic E-state index is 12.8. The lowest BCUT2D eigenvalue weighted by Gasteiger charge is -2.24. The maximum Gasteiger partial charge on any atom is 0.586 e. The first-order valence-corrected chi connectivity index (χ1v) is 5.48. The van der Waals surface area contributed by atoms with Crippen molar-refractivity contribution in [3.63, 3.8) is 0 Å². The molecule has 1 fully saturated rings. The van der Waals surface area contributed by atoms with Crippen molar-refractivity contribution in [3.8, 4) is 11.5 Å². The molecule has 0 radical (unpaired) electrons. The molecular formula is C11H13ClF2N2O2. The Labute approximate surface area is 109 Å². The molecule has 0 amide bonds. The van der Waals surface area contributed by atoms with Gasteiger partial charge in [-0.15, -0.1) is 21.2 Å². The van der Waals surface area contributed by atoms with Crippen LogP contribution in [0.2, 0.25) is 0 Å². The number of alkyl halides is 2. The molecule has 100 valence electrons. The molecule has 1 aromatic rings. The van der Waals surface area contributed by atoms with E-state index in [1.807, 2.05) is 0 Å². The monoisotopic (exact) mass is 278 g/mol. The summed E-state index contributed by atoms with van der Waals surface area (Å²) in [5, 5.41) is 6.54. The van der Waals surface area contributed by atoms with E-state index >= 15 is 0 Å². The van der Waals surface area contributed by atoms with Gasteiger partial charge in [0.05, 0.1) is 0 Å². The smallest absolute Gasteiger partial charge is 0.395 e. The molecule has 1 atom stereocenters. The summed E-state index contributed by atoms with van der Waals surface area (Å²) in [5.74, 6) is 0.183. The lowest BCUT2D eigenvalue weighted by molar-refractivity contribution is -0.286. The van der Waals surface area contributed by atoms with Crippen LogP contribution in [0.5, 0.6) is 11.5 Å². The van der Waals surface area contributed by atoms with Gasteiger partial charge < -0.3 is 20.1 Å². The third kappa shape index (κ3) is 2.50. The highest BCUT2D eigenvalue weighted by Gasteiger charge is 2.43. The molecule has 3 rings (SSSR count). The third-order valence-electron chi connectivity index (χ3n) is 2.87. The van der Waals surface area contributed by atoms with E-state index in [9.17, 15) is 8.78 Å². The molecule has 2 N–H and O–H groups in total. The van der Waals surface area contributed by atoms with Crippen molar-refractivity contribution in [2.45, 2.75) is 12.3 Å². The number of nitrogens with one attached hydrogen (secondary N) is 2. The molecule has 1 aromatic carbocycles. The standard InChI is InChI=1S/C11H12F2N2O2.ClH/c12-11(13)16-9-2-1-7(5-10(9)17-11)8-6-14-3-4-15-8;/h1-2,5,8,14-15H,3-4,6H2;1H/t8-;/m0./s1. The van der Waals surface area contributed by atoms with Crippen LogP contribution in [0, 0.1) is 0 Å². The molecule has 18 heavy (non-hydrogen) atoms. The highest BCUT2D eigenvalue weighted by molar-refractivity contribution is 5.85. The highest BCUT2D eigenvalue weighted by atomic mass is 35.5. The van der Waals surface area contributed by atoms with E-state index in [-0.39, 0.29) is 29.9 Å². The quantitative estimate of drug-likeness (QED) is 0.820. The normalized spacial score (nSPS) is 24.4. The van der Waals surface area contributed by atoms with Gasteiger partial charge in [0.2, 0.25) is 0 Å². The topological polar surface area (TPSA) is 42.5 Å². The SMILES string of the molecule is Cl.FC1(F)Oc2ccc([C@@H]3CNCCN3)cc2O1. The predicted octanol–water partition coefficient (Wildman–Crippen LogP) is 1.66. The second-order valence-electron chi connectivity index (χ2n) is 4.08. The Morgan fingerprint density at radius 1 is 1.17 bits per heavy atom. The fraction of sp³-hybridized carbons (Fsp3) is 0.455. The molecule has 0 aliphatic carbocycles. The van der Waals surface area contributed by atoms with Gasteiger partial charge in [-0.25, -0.2) is 0 Å². The molecule has 4 nitrogen and oxygen atoms in total. The van der Waals surface area contributed by atoms with E-state index in [1.54, 1.807) is 12.1 Å². The van der Waals surface area contributed by atoms with Crippen molar-refractivity contribution in [1.29, 1.82) is 0 Å². The number of piperazine rings is 1. The molecule has 7 heteroatoms. The Morgan fingerprint density at radius 2 is 1.94 bits per heavy atom. The lowest BCUT2D eigenvalue weighted by atomic mass is 10.0. The number of hydrogen-bond acceptors (Lipinski definition) is 4. The Balaban J connectivity index is 0.00000120. The molecule has 2 aliphatic rings. The average molecular weight is 279 g/mol. The third-order valence-corrected chi connectivity index (χ3v) is 2.87. The van der Waals surface area contributed by atoms with Crippen LogP contribution < -0.4 is 20.1 Å².